The third kappa shape index (κ3) is 4.77. The number of hydrogen-bond acceptors (Lipinski definition) is 4. The molecule has 1 atom stereocenters. The van der Waals surface area contributed by atoms with E-state index in [0.717, 1.165) is 63.6 Å². The average molecular weight is 352 g/mol. The fraction of sp³-hybridized carbons (Fsp3) is 1.00. The van der Waals surface area contributed by atoms with Crippen molar-refractivity contribution in [2.75, 3.05) is 46.1 Å². The van der Waals surface area contributed by atoms with E-state index in [-0.39, 0.29) is 6.10 Å². The second-order valence-electron chi connectivity index (χ2n) is 9.52. The number of aliphatic hydroxyl groups is 1. The van der Waals surface area contributed by atoms with Crippen molar-refractivity contribution in [1.82, 2.24) is 4.90 Å². The Kier molecular flexibility index (Phi) is 6.01. The van der Waals surface area contributed by atoms with Gasteiger partial charge < -0.3 is 14.6 Å². The van der Waals surface area contributed by atoms with E-state index in [2.05, 4.69) is 4.90 Å². The van der Waals surface area contributed by atoms with E-state index in [4.69, 9.17) is 9.47 Å². The van der Waals surface area contributed by atoms with Gasteiger partial charge in [0.15, 0.2) is 0 Å². The fourth-order valence-corrected chi connectivity index (χ4v) is 6.65. The second kappa shape index (κ2) is 8.24. The molecule has 1 aliphatic heterocycles. The maximum atomic E-state index is 10.1. The molecule has 5 aliphatic rings. The monoisotopic (exact) mass is 351 g/mol. The maximum absolute atomic E-state index is 10.1. The fourth-order valence-electron chi connectivity index (χ4n) is 6.65. The molecule has 4 nitrogen and oxygen atoms in total. The van der Waals surface area contributed by atoms with E-state index in [0.29, 0.717) is 12.0 Å². The quantitative estimate of drug-likeness (QED) is 0.648. The maximum Gasteiger partial charge on any atom is 0.0900 e. The molecule has 4 saturated carbocycles. The van der Waals surface area contributed by atoms with Crippen molar-refractivity contribution in [3.63, 3.8) is 0 Å². The standard InChI is InChI=1S/C21H37NO3/c23-20(15-22-4-7-24-8-5-22)16-25-6-2-1-3-21-12-17-9-18(13-21)11-19(10-17)14-21/h17-20,23H,1-16H2/t17?,18?,19?,20-,21?/m1/s1. The van der Waals surface area contributed by atoms with E-state index >= 15 is 0 Å². The molecule has 0 unspecified atom stereocenters. The summed E-state index contributed by atoms with van der Waals surface area (Å²) in [5.41, 5.74) is 0.713. The zero-order valence-corrected chi connectivity index (χ0v) is 15.8. The lowest BCUT2D eigenvalue weighted by Gasteiger charge is -2.57. The van der Waals surface area contributed by atoms with Crippen LogP contribution in [-0.2, 0) is 9.47 Å². The molecule has 0 amide bonds. The highest BCUT2D eigenvalue weighted by Gasteiger charge is 2.50. The minimum atomic E-state index is -0.360. The van der Waals surface area contributed by atoms with E-state index < -0.39 is 0 Å². The van der Waals surface area contributed by atoms with Gasteiger partial charge in [-0.25, -0.2) is 0 Å². The second-order valence-corrected chi connectivity index (χ2v) is 9.52. The number of β-amino-alcohol motifs (C(OH)–C–C–N with tert-alkyl or cyclic N) is 1. The Hall–Kier alpha value is -0.160. The van der Waals surface area contributed by atoms with Gasteiger partial charge in [-0.15, -0.1) is 0 Å². The van der Waals surface area contributed by atoms with E-state index in [1.54, 1.807) is 19.3 Å². The summed E-state index contributed by atoms with van der Waals surface area (Å²) in [5.74, 6) is 3.20. The number of unbranched alkanes of at least 4 members (excludes halogenated alkanes) is 1. The number of morpholine rings is 1. The Morgan fingerprint density at radius 2 is 1.64 bits per heavy atom. The van der Waals surface area contributed by atoms with Gasteiger partial charge in [0, 0.05) is 26.2 Å². The summed E-state index contributed by atoms with van der Waals surface area (Å²) in [5, 5.41) is 10.1. The van der Waals surface area contributed by atoms with Crippen molar-refractivity contribution in [2.24, 2.45) is 23.2 Å². The normalized spacial score (nSPS) is 39.0. The van der Waals surface area contributed by atoms with Gasteiger partial charge in [0.1, 0.15) is 0 Å². The molecule has 1 saturated heterocycles. The van der Waals surface area contributed by atoms with Gasteiger partial charge in [0.2, 0.25) is 0 Å². The summed E-state index contributed by atoms with van der Waals surface area (Å²) in [6.07, 6.45) is 12.7. The van der Waals surface area contributed by atoms with Gasteiger partial charge in [-0.05, 0) is 74.5 Å². The molecule has 0 radical (unpaired) electrons. The molecule has 144 valence electrons. The third-order valence-corrected chi connectivity index (χ3v) is 7.29. The van der Waals surface area contributed by atoms with Crippen molar-refractivity contribution >= 4 is 0 Å². The number of nitrogens with zero attached hydrogens (tertiary/aromatic N) is 1. The number of ether oxygens (including phenoxy) is 2. The summed E-state index contributed by atoms with van der Waals surface area (Å²) in [6.45, 7) is 5.46. The lowest BCUT2D eigenvalue weighted by Crippen LogP contribution is -2.45. The highest BCUT2D eigenvalue weighted by atomic mass is 16.5. The van der Waals surface area contributed by atoms with Crippen LogP contribution in [0.15, 0.2) is 0 Å². The van der Waals surface area contributed by atoms with E-state index in [1.807, 2.05) is 0 Å². The molecule has 4 aliphatic carbocycles. The predicted octanol–water partition coefficient (Wildman–Crippen LogP) is 3.08. The van der Waals surface area contributed by atoms with Gasteiger partial charge in [0.05, 0.1) is 25.9 Å². The molecule has 0 aromatic rings. The van der Waals surface area contributed by atoms with Crippen LogP contribution in [0.25, 0.3) is 0 Å². The molecule has 25 heavy (non-hydrogen) atoms. The first-order valence-electron chi connectivity index (χ1n) is 10.8. The van der Waals surface area contributed by atoms with E-state index in [1.165, 1.54) is 32.1 Å². The summed E-state index contributed by atoms with van der Waals surface area (Å²) in [4.78, 5) is 2.27. The topological polar surface area (TPSA) is 41.9 Å². The molecule has 4 bridgehead atoms. The molecule has 1 heterocycles. The number of aliphatic hydroxyl groups excluding tert-OH is 1. The zero-order valence-electron chi connectivity index (χ0n) is 15.8. The Labute approximate surface area is 153 Å². The molecule has 0 spiro atoms. The Balaban J connectivity index is 1.07. The van der Waals surface area contributed by atoms with Crippen molar-refractivity contribution in [3.05, 3.63) is 0 Å². The molecule has 5 fully saturated rings. The Morgan fingerprint density at radius 3 is 2.28 bits per heavy atom. The van der Waals surface area contributed by atoms with Gasteiger partial charge in [-0.2, -0.15) is 0 Å². The number of rotatable bonds is 9. The van der Waals surface area contributed by atoms with Crippen molar-refractivity contribution in [1.29, 1.82) is 0 Å². The molecular formula is C21H37NO3. The van der Waals surface area contributed by atoms with Crippen LogP contribution < -0.4 is 0 Å². The summed E-state index contributed by atoms with van der Waals surface area (Å²) in [6, 6.07) is 0. The summed E-state index contributed by atoms with van der Waals surface area (Å²) < 4.78 is 11.1. The van der Waals surface area contributed by atoms with Crippen LogP contribution in [0.2, 0.25) is 0 Å². The van der Waals surface area contributed by atoms with Crippen LogP contribution in [-0.4, -0.2) is 62.2 Å². The van der Waals surface area contributed by atoms with Gasteiger partial charge in [-0.1, -0.05) is 6.42 Å². The van der Waals surface area contributed by atoms with Crippen LogP contribution in [0.3, 0.4) is 0 Å². The first-order valence-corrected chi connectivity index (χ1v) is 10.8. The van der Waals surface area contributed by atoms with Crippen LogP contribution >= 0.6 is 0 Å². The summed E-state index contributed by atoms with van der Waals surface area (Å²) in [7, 11) is 0. The van der Waals surface area contributed by atoms with Crippen molar-refractivity contribution in [2.45, 2.75) is 63.9 Å². The lowest BCUT2D eigenvalue weighted by molar-refractivity contribution is -0.0595. The van der Waals surface area contributed by atoms with Crippen molar-refractivity contribution < 1.29 is 14.6 Å². The predicted molar refractivity (Wildman–Crippen MR) is 98.5 cm³/mol. The van der Waals surface area contributed by atoms with Gasteiger partial charge >= 0.3 is 0 Å². The molecule has 1 N–H and O–H groups in total. The molecule has 4 heteroatoms. The van der Waals surface area contributed by atoms with Gasteiger partial charge in [-0.3, -0.25) is 4.90 Å². The zero-order chi connectivity index (χ0) is 17.1. The highest BCUT2D eigenvalue weighted by Crippen LogP contribution is 2.61. The molecule has 0 aromatic carbocycles. The Morgan fingerprint density at radius 1 is 1.00 bits per heavy atom. The van der Waals surface area contributed by atoms with Crippen LogP contribution in [0.4, 0.5) is 0 Å². The average Bonchev–Trinajstić information content (AvgIpc) is 2.57. The van der Waals surface area contributed by atoms with Crippen LogP contribution in [0, 0.1) is 23.2 Å². The SMILES string of the molecule is O[C@@H](COCCCCC12CC3CC(CC(C3)C1)C2)CN1CCOCC1. The molecular weight excluding hydrogens is 314 g/mol. The largest absolute Gasteiger partial charge is 0.389 e. The minimum absolute atomic E-state index is 0.360. The highest BCUT2D eigenvalue weighted by molar-refractivity contribution is 5.01. The minimum Gasteiger partial charge on any atom is -0.389 e. The molecule has 5 rings (SSSR count). The van der Waals surface area contributed by atoms with Crippen LogP contribution in [0.5, 0.6) is 0 Å². The first kappa shape index (κ1) is 18.2. The molecule has 0 aromatic heterocycles. The number of hydrogen-bond donors (Lipinski definition) is 1. The lowest BCUT2D eigenvalue weighted by atomic mass is 9.48. The Bertz CT molecular complexity index is 386. The smallest absolute Gasteiger partial charge is 0.0900 e. The van der Waals surface area contributed by atoms with Crippen LogP contribution in [0.1, 0.15) is 57.8 Å². The third-order valence-electron chi connectivity index (χ3n) is 7.29. The van der Waals surface area contributed by atoms with Crippen molar-refractivity contribution in [3.8, 4) is 0 Å². The van der Waals surface area contributed by atoms with E-state index in [9.17, 15) is 5.11 Å². The first-order chi connectivity index (χ1) is 12.2. The van der Waals surface area contributed by atoms with Gasteiger partial charge in [0.25, 0.3) is 0 Å². The summed E-state index contributed by atoms with van der Waals surface area (Å²) >= 11 is 0.